The maximum absolute atomic E-state index is 12.2. The summed E-state index contributed by atoms with van der Waals surface area (Å²) < 4.78 is 7.22. The lowest BCUT2D eigenvalue weighted by Crippen LogP contribution is -2.24. The topological polar surface area (TPSA) is 85.3 Å². The van der Waals surface area contributed by atoms with E-state index in [0.717, 1.165) is 46.2 Å². The van der Waals surface area contributed by atoms with Crippen molar-refractivity contribution in [3.05, 3.63) is 40.4 Å². The Morgan fingerprint density at radius 2 is 2.34 bits per heavy atom. The molecule has 9 heteroatoms. The van der Waals surface area contributed by atoms with E-state index in [1.807, 2.05) is 17.4 Å². The second kappa shape index (κ2) is 7.46. The highest BCUT2D eigenvalue weighted by atomic mass is 32.2. The van der Waals surface area contributed by atoms with Gasteiger partial charge in [0.05, 0.1) is 23.9 Å². The molecule has 1 aliphatic carbocycles. The van der Waals surface area contributed by atoms with Gasteiger partial charge in [-0.15, -0.1) is 21.5 Å². The van der Waals surface area contributed by atoms with E-state index in [1.54, 1.807) is 23.7 Å². The molecule has 4 aromatic rings. The minimum Gasteiger partial charge on any atom is -0.467 e. The number of hydrogen-bond acceptors (Lipinski definition) is 7. The van der Waals surface area contributed by atoms with Gasteiger partial charge in [0, 0.05) is 4.88 Å². The molecule has 1 aliphatic rings. The molecule has 0 saturated carbocycles. The van der Waals surface area contributed by atoms with Gasteiger partial charge < -0.3 is 9.73 Å². The van der Waals surface area contributed by atoms with E-state index >= 15 is 0 Å². The predicted octanol–water partition coefficient (Wildman–Crippen LogP) is 3.77. The molecule has 7 nitrogen and oxygen atoms in total. The molecule has 1 atom stereocenters. The van der Waals surface area contributed by atoms with Gasteiger partial charge in [-0.3, -0.25) is 9.20 Å². The summed E-state index contributed by atoms with van der Waals surface area (Å²) in [6.07, 6.45) is 4.98. The standard InChI is InChI=1S/C20H21N5O2S2/c1-11-5-6-14-15(8-11)29-19-17(14)18-23-24-20(25(18)12(2)22-19)28-10-16(26)21-9-13-4-3-7-27-13/h3-4,7,11H,5-6,8-10H2,1-2H3,(H,21,26). The van der Waals surface area contributed by atoms with Gasteiger partial charge in [-0.1, -0.05) is 18.7 Å². The van der Waals surface area contributed by atoms with Crippen LogP contribution < -0.4 is 5.32 Å². The van der Waals surface area contributed by atoms with E-state index in [0.29, 0.717) is 11.7 Å². The van der Waals surface area contributed by atoms with Crippen LogP contribution >= 0.6 is 23.1 Å². The van der Waals surface area contributed by atoms with Crippen LogP contribution in [0.4, 0.5) is 0 Å². The molecule has 0 bridgehead atoms. The fraction of sp³-hybridized carbons (Fsp3) is 0.400. The van der Waals surface area contributed by atoms with E-state index in [-0.39, 0.29) is 11.7 Å². The van der Waals surface area contributed by atoms with Gasteiger partial charge in [-0.05, 0) is 49.8 Å². The molecule has 150 valence electrons. The molecule has 1 unspecified atom stereocenters. The molecular weight excluding hydrogens is 406 g/mol. The zero-order chi connectivity index (χ0) is 20.0. The average Bonchev–Trinajstić information content (AvgIpc) is 3.42. The van der Waals surface area contributed by atoms with Crippen molar-refractivity contribution in [2.24, 2.45) is 5.92 Å². The summed E-state index contributed by atoms with van der Waals surface area (Å²) >= 11 is 3.17. The van der Waals surface area contributed by atoms with Crippen LogP contribution in [-0.4, -0.2) is 31.2 Å². The van der Waals surface area contributed by atoms with Crippen LogP contribution in [0.1, 0.15) is 35.4 Å². The van der Waals surface area contributed by atoms with Crippen LogP contribution in [0.15, 0.2) is 28.0 Å². The smallest absolute Gasteiger partial charge is 0.230 e. The minimum atomic E-state index is -0.0725. The van der Waals surface area contributed by atoms with Gasteiger partial charge in [0.1, 0.15) is 16.4 Å². The second-order valence-electron chi connectivity index (χ2n) is 7.48. The lowest BCUT2D eigenvalue weighted by Gasteiger charge is -2.17. The Morgan fingerprint density at radius 1 is 1.45 bits per heavy atom. The van der Waals surface area contributed by atoms with Gasteiger partial charge in [0.25, 0.3) is 0 Å². The third kappa shape index (κ3) is 3.42. The summed E-state index contributed by atoms with van der Waals surface area (Å²) in [6.45, 7) is 4.66. The van der Waals surface area contributed by atoms with Crippen molar-refractivity contribution in [3.63, 3.8) is 0 Å². The molecule has 4 heterocycles. The van der Waals surface area contributed by atoms with Crippen LogP contribution in [0.25, 0.3) is 15.9 Å². The monoisotopic (exact) mass is 427 g/mol. The molecule has 29 heavy (non-hydrogen) atoms. The Labute approximate surface area is 175 Å². The van der Waals surface area contributed by atoms with Crippen molar-refractivity contribution in [2.75, 3.05) is 5.75 Å². The maximum atomic E-state index is 12.2. The molecule has 0 radical (unpaired) electrons. The van der Waals surface area contributed by atoms with Crippen LogP contribution in [-0.2, 0) is 24.2 Å². The quantitative estimate of drug-likeness (QED) is 0.488. The van der Waals surface area contributed by atoms with E-state index in [4.69, 9.17) is 9.40 Å². The number of aryl methyl sites for hydroxylation is 2. The van der Waals surface area contributed by atoms with Gasteiger partial charge in [-0.2, -0.15) is 0 Å². The molecule has 0 aliphatic heterocycles. The Balaban J connectivity index is 1.40. The molecule has 0 aromatic carbocycles. The Morgan fingerprint density at radius 3 is 3.17 bits per heavy atom. The molecular formula is C20H21N5O2S2. The number of nitrogens with zero attached hydrogens (tertiary/aromatic N) is 4. The number of hydrogen-bond donors (Lipinski definition) is 1. The maximum Gasteiger partial charge on any atom is 0.230 e. The number of fused-ring (bicyclic) bond motifs is 5. The summed E-state index contributed by atoms with van der Waals surface area (Å²) in [4.78, 5) is 19.5. The van der Waals surface area contributed by atoms with Crippen LogP contribution in [0.2, 0.25) is 0 Å². The number of rotatable bonds is 5. The highest BCUT2D eigenvalue weighted by molar-refractivity contribution is 7.99. The number of thioether (sulfide) groups is 1. The molecule has 0 spiro atoms. The zero-order valence-electron chi connectivity index (χ0n) is 16.3. The van der Waals surface area contributed by atoms with Crippen molar-refractivity contribution in [2.45, 2.75) is 44.8 Å². The summed E-state index contributed by atoms with van der Waals surface area (Å²) in [5.41, 5.74) is 2.25. The fourth-order valence-corrected chi connectivity index (χ4v) is 6.07. The normalized spacial score (nSPS) is 16.4. The average molecular weight is 428 g/mol. The number of furan rings is 1. The Kier molecular flexibility index (Phi) is 4.79. The molecule has 4 aromatic heterocycles. The Hall–Kier alpha value is -2.39. The van der Waals surface area contributed by atoms with Crippen molar-refractivity contribution in [1.82, 2.24) is 24.9 Å². The second-order valence-corrected chi connectivity index (χ2v) is 9.50. The van der Waals surface area contributed by atoms with Gasteiger partial charge in [0.15, 0.2) is 10.8 Å². The summed E-state index contributed by atoms with van der Waals surface area (Å²) in [6, 6.07) is 3.64. The predicted molar refractivity (Wildman–Crippen MR) is 113 cm³/mol. The van der Waals surface area contributed by atoms with Crippen LogP contribution in [0, 0.1) is 12.8 Å². The molecule has 5 rings (SSSR count). The number of carbonyl (C=O) groups excluding carboxylic acids is 1. The van der Waals surface area contributed by atoms with Gasteiger partial charge in [0.2, 0.25) is 5.91 Å². The third-order valence-corrected chi connectivity index (χ3v) is 7.39. The first-order valence-electron chi connectivity index (χ1n) is 9.68. The van der Waals surface area contributed by atoms with E-state index in [1.165, 1.54) is 28.6 Å². The first-order valence-corrected chi connectivity index (χ1v) is 11.5. The summed E-state index contributed by atoms with van der Waals surface area (Å²) in [5.74, 6) is 2.49. The van der Waals surface area contributed by atoms with Crippen molar-refractivity contribution >= 4 is 44.9 Å². The van der Waals surface area contributed by atoms with Gasteiger partial charge in [-0.25, -0.2) is 4.98 Å². The number of aromatic nitrogens is 4. The molecule has 1 N–H and O–H groups in total. The van der Waals surface area contributed by atoms with Crippen molar-refractivity contribution in [3.8, 4) is 0 Å². The minimum absolute atomic E-state index is 0.0725. The van der Waals surface area contributed by atoms with Crippen LogP contribution in [0.3, 0.4) is 0 Å². The number of thiophene rings is 1. The van der Waals surface area contributed by atoms with E-state index in [2.05, 4.69) is 22.4 Å². The van der Waals surface area contributed by atoms with Crippen molar-refractivity contribution < 1.29 is 9.21 Å². The largest absolute Gasteiger partial charge is 0.467 e. The van der Waals surface area contributed by atoms with Gasteiger partial charge >= 0.3 is 0 Å². The Bertz CT molecular complexity index is 1200. The molecule has 0 fully saturated rings. The third-order valence-electron chi connectivity index (χ3n) is 5.31. The highest BCUT2D eigenvalue weighted by Gasteiger charge is 2.25. The van der Waals surface area contributed by atoms with E-state index < -0.39 is 0 Å². The summed E-state index contributed by atoms with van der Waals surface area (Å²) in [5, 5.41) is 13.6. The number of nitrogens with one attached hydrogen (secondary N) is 1. The summed E-state index contributed by atoms with van der Waals surface area (Å²) in [7, 11) is 0. The zero-order valence-corrected chi connectivity index (χ0v) is 17.9. The molecule has 0 saturated heterocycles. The lowest BCUT2D eigenvalue weighted by atomic mass is 9.89. The fourth-order valence-electron chi connectivity index (χ4n) is 3.84. The SMILES string of the molecule is Cc1nc2sc3c(c2c2nnc(SCC(=O)NCc4ccco4)n12)CCC(C)C3. The van der Waals surface area contributed by atoms with Crippen LogP contribution in [0.5, 0.6) is 0 Å². The molecule has 1 amide bonds. The number of carbonyl (C=O) groups is 1. The van der Waals surface area contributed by atoms with Crippen molar-refractivity contribution in [1.29, 1.82) is 0 Å². The first kappa shape index (κ1) is 18.6. The highest BCUT2D eigenvalue weighted by Crippen LogP contribution is 2.39. The first-order chi connectivity index (χ1) is 14.1. The lowest BCUT2D eigenvalue weighted by molar-refractivity contribution is -0.118. The van der Waals surface area contributed by atoms with E-state index in [9.17, 15) is 4.79 Å². The number of amides is 1.